The van der Waals surface area contributed by atoms with Gasteiger partial charge in [-0.25, -0.2) is 9.78 Å². The van der Waals surface area contributed by atoms with Crippen LogP contribution in [-0.2, 0) is 6.42 Å². The fraction of sp³-hybridized carbons (Fsp3) is 0.571. The lowest BCUT2D eigenvalue weighted by molar-refractivity contribution is 0.0696. The number of nitrogens with zero attached hydrogens (tertiary/aromatic N) is 2. The average molecular weight is 263 g/mol. The van der Waals surface area contributed by atoms with Crippen LogP contribution in [0.15, 0.2) is 12.1 Å². The van der Waals surface area contributed by atoms with Crippen molar-refractivity contribution >= 4 is 11.8 Å². The maximum absolute atomic E-state index is 11.2. The summed E-state index contributed by atoms with van der Waals surface area (Å²) in [5.74, 6) is -0.152. The van der Waals surface area contributed by atoms with Crippen LogP contribution in [0.1, 0.15) is 42.2 Å². The zero-order chi connectivity index (χ0) is 13.8. The summed E-state index contributed by atoms with van der Waals surface area (Å²) in [4.78, 5) is 17.9. The molecule has 1 saturated heterocycles. The van der Waals surface area contributed by atoms with E-state index in [4.69, 9.17) is 5.73 Å². The molecular formula is C14H21N3O2. The number of aromatic carboxylic acids is 1. The normalized spacial score (nSPS) is 19.5. The number of carbonyl (C=O) groups is 1. The highest BCUT2D eigenvalue weighted by atomic mass is 16.4. The molecule has 1 aliphatic heterocycles. The molecule has 0 aliphatic carbocycles. The number of piperidine rings is 1. The molecule has 2 heterocycles. The van der Waals surface area contributed by atoms with Crippen LogP contribution in [0.3, 0.4) is 0 Å². The summed E-state index contributed by atoms with van der Waals surface area (Å²) in [5, 5.41) is 9.18. The first kappa shape index (κ1) is 13.8. The van der Waals surface area contributed by atoms with Crippen LogP contribution >= 0.6 is 0 Å². The smallest absolute Gasteiger partial charge is 0.335 e. The minimum absolute atomic E-state index is 0.152. The average Bonchev–Trinajstić information content (AvgIpc) is 2.38. The fourth-order valence-electron chi connectivity index (χ4n) is 2.46. The Bertz CT molecular complexity index is 462. The van der Waals surface area contributed by atoms with E-state index in [1.165, 1.54) is 0 Å². The van der Waals surface area contributed by atoms with E-state index < -0.39 is 5.97 Å². The van der Waals surface area contributed by atoms with Gasteiger partial charge in [0.05, 0.1) is 5.56 Å². The maximum atomic E-state index is 11.2. The molecule has 1 aromatic rings. The molecule has 5 heteroatoms. The Kier molecular flexibility index (Phi) is 4.37. The van der Waals surface area contributed by atoms with Crippen molar-refractivity contribution in [3.8, 4) is 0 Å². The van der Waals surface area contributed by atoms with E-state index in [1.807, 2.05) is 0 Å². The highest BCUT2D eigenvalue weighted by Crippen LogP contribution is 2.20. The molecule has 104 valence electrons. The Hall–Kier alpha value is -1.62. The van der Waals surface area contributed by atoms with E-state index in [-0.39, 0.29) is 6.04 Å². The lowest BCUT2D eigenvalue weighted by Crippen LogP contribution is -2.43. The first-order chi connectivity index (χ1) is 9.10. The van der Waals surface area contributed by atoms with Crippen LogP contribution in [0.5, 0.6) is 0 Å². The number of anilines is 1. The number of hydrogen-bond acceptors (Lipinski definition) is 4. The topological polar surface area (TPSA) is 79.5 Å². The van der Waals surface area contributed by atoms with Crippen LogP contribution in [0.2, 0.25) is 0 Å². The molecule has 3 N–H and O–H groups in total. The molecule has 0 saturated carbocycles. The first-order valence-corrected chi connectivity index (χ1v) is 6.85. The summed E-state index contributed by atoms with van der Waals surface area (Å²) in [7, 11) is 0. The lowest BCUT2D eigenvalue weighted by atomic mass is 10.1. The van der Waals surface area contributed by atoms with Gasteiger partial charge in [-0.3, -0.25) is 0 Å². The summed E-state index contributed by atoms with van der Waals surface area (Å²) >= 11 is 0. The fourth-order valence-corrected chi connectivity index (χ4v) is 2.46. The summed E-state index contributed by atoms with van der Waals surface area (Å²) in [6.07, 6.45) is 3.81. The van der Waals surface area contributed by atoms with Crippen LogP contribution in [0.4, 0.5) is 5.82 Å². The van der Waals surface area contributed by atoms with Crippen molar-refractivity contribution in [1.29, 1.82) is 0 Å². The molecule has 1 atom stereocenters. The molecule has 0 spiro atoms. The van der Waals surface area contributed by atoms with E-state index in [0.29, 0.717) is 5.56 Å². The van der Waals surface area contributed by atoms with Gasteiger partial charge in [-0.15, -0.1) is 0 Å². The van der Waals surface area contributed by atoms with Gasteiger partial charge in [0.1, 0.15) is 5.82 Å². The minimum Gasteiger partial charge on any atom is -0.478 e. The Morgan fingerprint density at radius 2 is 2.37 bits per heavy atom. The van der Waals surface area contributed by atoms with Crippen molar-refractivity contribution in [2.24, 2.45) is 5.73 Å². The summed E-state index contributed by atoms with van der Waals surface area (Å²) in [6, 6.07) is 3.47. The van der Waals surface area contributed by atoms with Crippen molar-refractivity contribution in [3.05, 3.63) is 23.4 Å². The Morgan fingerprint density at radius 3 is 3.00 bits per heavy atom. The molecule has 0 bridgehead atoms. The second-order valence-electron chi connectivity index (χ2n) is 5.11. The van der Waals surface area contributed by atoms with Crippen LogP contribution < -0.4 is 10.6 Å². The second-order valence-corrected chi connectivity index (χ2v) is 5.11. The third kappa shape index (κ3) is 3.44. The van der Waals surface area contributed by atoms with Crippen LogP contribution in [-0.4, -0.2) is 35.2 Å². The summed E-state index contributed by atoms with van der Waals surface area (Å²) in [6.45, 7) is 3.71. The molecule has 0 amide bonds. The van der Waals surface area contributed by atoms with E-state index in [0.717, 1.165) is 50.3 Å². The second kappa shape index (κ2) is 6.02. The number of nitrogens with two attached hydrogens (primary N) is 1. The summed E-state index contributed by atoms with van der Waals surface area (Å²) in [5.41, 5.74) is 7.13. The Morgan fingerprint density at radius 1 is 1.58 bits per heavy atom. The molecular weight excluding hydrogens is 242 g/mol. The number of aryl methyl sites for hydroxylation is 1. The van der Waals surface area contributed by atoms with Crippen molar-refractivity contribution in [2.45, 2.75) is 38.6 Å². The summed E-state index contributed by atoms with van der Waals surface area (Å²) < 4.78 is 0. The number of carboxylic acid groups (broad SMARTS) is 1. The maximum Gasteiger partial charge on any atom is 0.335 e. The number of hydrogen-bond donors (Lipinski definition) is 2. The molecule has 0 radical (unpaired) electrons. The molecule has 2 rings (SSSR count). The predicted molar refractivity (Wildman–Crippen MR) is 74.6 cm³/mol. The van der Waals surface area contributed by atoms with E-state index in [2.05, 4.69) is 16.8 Å². The highest BCUT2D eigenvalue weighted by molar-refractivity contribution is 5.88. The highest BCUT2D eigenvalue weighted by Gasteiger charge is 2.19. The third-order valence-corrected chi connectivity index (χ3v) is 3.40. The Labute approximate surface area is 113 Å². The van der Waals surface area contributed by atoms with Gasteiger partial charge in [0.15, 0.2) is 0 Å². The van der Waals surface area contributed by atoms with Gasteiger partial charge >= 0.3 is 5.97 Å². The first-order valence-electron chi connectivity index (χ1n) is 6.85. The SMILES string of the molecule is CCCc1cc(C(=O)O)cc(N2CCCC(N)C2)n1. The van der Waals surface area contributed by atoms with Gasteiger partial charge in [0.2, 0.25) is 0 Å². The molecule has 5 nitrogen and oxygen atoms in total. The minimum atomic E-state index is -0.901. The van der Waals surface area contributed by atoms with Crippen molar-refractivity contribution in [3.63, 3.8) is 0 Å². The molecule has 0 aromatic carbocycles. The number of pyridine rings is 1. The molecule has 1 aliphatic rings. The quantitative estimate of drug-likeness (QED) is 0.863. The van der Waals surface area contributed by atoms with Gasteiger partial charge in [0, 0.05) is 24.8 Å². The monoisotopic (exact) mass is 263 g/mol. The van der Waals surface area contributed by atoms with Crippen molar-refractivity contribution in [1.82, 2.24) is 4.98 Å². The Balaban J connectivity index is 2.29. The third-order valence-electron chi connectivity index (χ3n) is 3.40. The van der Waals surface area contributed by atoms with Gasteiger partial charge in [-0.2, -0.15) is 0 Å². The molecule has 1 aromatic heterocycles. The number of rotatable bonds is 4. The van der Waals surface area contributed by atoms with E-state index >= 15 is 0 Å². The van der Waals surface area contributed by atoms with Gasteiger partial charge in [-0.05, 0) is 31.4 Å². The van der Waals surface area contributed by atoms with Crippen LogP contribution in [0.25, 0.3) is 0 Å². The van der Waals surface area contributed by atoms with E-state index in [9.17, 15) is 9.90 Å². The molecule has 1 unspecified atom stereocenters. The van der Waals surface area contributed by atoms with E-state index in [1.54, 1.807) is 12.1 Å². The number of carboxylic acids is 1. The van der Waals surface area contributed by atoms with Crippen molar-refractivity contribution in [2.75, 3.05) is 18.0 Å². The largest absolute Gasteiger partial charge is 0.478 e. The predicted octanol–water partition coefficient (Wildman–Crippen LogP) is 1.66. The van der Waals surface area contributed by atoms with Gasteiger partial charge < -0.3 is 15.7 Å². The lowest BCUT2D eigenvalue weighted by Gasteiger charge is -2.32. The standard InChI is InChI=1S/C14H21N3O2/c1-2-4-12-7-10(14(18)19)8-13(16-12)17-6-3-5-11(15)9-17/h7-8,11H,2-6,9,15H2,1H3,(H,18,19). The zero-order valence-corrected chi connectivity index (χ0v) is 11.3. The van der Waals surface area contributed by atoms with Crippen LogP contribution in [0, 0.1) is 0 Å². The zero-order valence-electron chi connectivity index (χ0n) is 11.3. The van der Waals surface area contributed by atoms with Gasteiger partial charge in [-0.1, -0.05) is 13.3 Å². The number of aromatic nitrogens is 1. The molecule has 19 heavy (non-hydrogen) atoms. The molecule has 1 fully saturated rings. The van der Waals surface area contributed by atoms with Gasteiger partial charge in [0.25, 0.3) is 0 Å². The van der Waals surface area contributed by atoms with Crippen molar-refractivity contribution < 1.29 is 9.90 Å².